The number of carbonyl (C=O) groups is 4. The van der Waals surface area contributed by atoms with E-state index in [0.717, 1.165) is 0 Å². The highest BCUT2D eigenvalue weighted by atomic mass is 35.5. The Morgan fingerprint density at radius 1 is 1.02 bits per heavy atom. The third kappa shape index (κ3) is 8.31. The highest BCUT2D eigenvalue weighted by Gasteiger charge is 2.26. The zero-order valence-corrected chi connectivity index (χ0v) is 23.8. The third-order valence-corrected chi connectivity index (χ3v) is 6.76. The van der Waals surface area contributed by atoms with E-state index in [2.05, 4.69) is 16.0 Å². The van der Waals surface area contributed by atoms with Gasteiger partial charge in [0.2, 0.25) is 17.7 Å². The first-order valence-electron chi connectivity index (χ1n) is 12.8. The largest absolute Gasteiger partial charge is 0.497 e. The van der Waals surface area contributed by atoms with Crippen LogP contribution in [0.3, 0.4) is 0 Å². The topological polar surface area (TPSA) is 164 Å². The molecular formula is C29H32ClN3O8. The minimum absolute atomic E-state index is 0.0607. The number of rotatable bonds is 12. The van der Waals surface area contributed by atoms with Gasteiger partial charge in [0.15, 0.2) is 0 Å². The maximum absolute atomic E-state index is 13.1. The van der Waals surface area contributed by atoms with Crippen molar-refractivity contribution in [1.29, 1.82) is 0 Å². The smallest absolute Gasteiger partial charge is 0.340 e. The Bertz CT molecular complexity index is 1500. The third-order valence-electron chi connectivity index (χ3n) is 6.51. The molecule has 3 amide bonds. The maximum atomic E-state index is 13.1. The van der Waals surface area contributed by atoms with E-state index in [-0.39, 0.29) is 24.3 Å². The predicted octanol–water partition coefficient (Wildman–Crippen LogP) is 2.38. The summed E-state index contributed by atoms with van der Waals surface area (Å²) in [5.74, 6) is -3.04. The second-order valence-corrected chi connectivity index (χ2v) is 10.3. The van der Waals surface area contributed by atoms with Crippen LogP contribution in [0.1, 0.15) is 30.5 Å². The molecule has 0 aliphatic heterocycles. The zero-order valence-electron chi connectivity index (χ0n) is 23.1. The number of hydrogen-bond donors (Lipinski definition) is 4. The molecule has 3 rings (SSSR count). The Balaban J connectivity index is 1.77. The molecule has 11 nitrogen and oxygen atoms in total. The molecule has 0 fully saturated rings. The van der Waals surface area contributed by atoms with Crippen molar-refractivity contribution in [2.45, 2.75) is 45.7 Å². The molecule has 0 spiro atoms. The van der Waals surface area contributed by atoms with Crippen LogP contribution in [0.4, 0.5) is 0 Å². The molecule has 0 radical (unpaired) electrons. The van der Waals surface area contributed by atoms with E-state index in [1.165, 1.54) is 7.11 Å². The Morgan fingerprint density at radius 2 is 1.71 bits per heavy atom. The lowest BCUT2D eigenvalue weighted by Crippen LogP contribution is -2.52. The van der Waals surface area contributed by atoms with Gasteiger partial charge in [0, 0.05) is 22.9 Å². The molecule has 0 aliphatic rings. The molecule has 0 saturated heterocycles. The molecule has 0 saturated carbocycles. The molecule has 0 bridgehead atoms. The minimum Gasteiger partial charge on any atom is -0.497 e. The first kappa shape index (κ1) is 31.2. The lowest BCUT2D eigenvalue weighted by atomic mass is 10.0. The van der Waals surface area contributed by atoms with Crippen molar-refractivity contribution in [2.24, 2.45) is 5.92 Å². The summed E-state index contributed by atoms with van der Waals surface area (Å²) in [5, 5.41) is 17.9. The number of carboxylic acids is 1. The van der Waals surface area contributed by atoms with Gasteiger partial charge in [0.25, 0.3) is 0 Å². The fourth-order valence-electron chi connectivity index (χ4n) is 4.21. The van der Waals surface area contributed by atoms with Crippen molar-refractivity contribution < 1.29 is 33.4 Å². The lowest BCUT2D eigenvalue weighted by molar-refractivity contribution is -0.143. The first-order chi connectivity index (χ1) is 19.4. The summed E-state index contributed by atoms with van der Waals surface area (Å²) in [4.78, 5) is 62.6. The van der Waals surface area contributed by atoms with Crippen LogP contribution >= 0.6 is 11.6 Å². The van der Waals surface area contributed by atoms with Crippen molar-refractivity contribution in [3.05, 3.63) is 74.6 Å². The predicted molar refractivity (Wildman–Crippen MR) is 152 cm³/mol. The lowest BCUT2D eigenvalue weighted by Gasteiger charge is -2.20. The zero-order chi connectivity index (χ0) is 30.3. The van der Waals surface area contributed by atoms with Gasteiger partial charge in [-0.15, -0.1) is 0 Å². The fraction of sp³-hybridized carbons (Fsp3) is 0.345. The van der Waals surface area contributed by atoms with Gasteiger partial charge in [-0.2, -0.15) is 0 Å². The number of hydrogen-bond acceptors (Lipinski definition) is 7. The monoisotopic (exact) mass is 585 g/mol. The molecule has 0 unspecified atom stereocenters. The van der Waals surface area contributed by atoms with Gasteiger partial charge in [0.1, 0.15) is 23.4 Å². The Labute approximate surface area is 241 Å². The van der Waals surface area contributed by atoms with E-state index in [4.69, 9.17) is 20.8 Å². The standard InChI is InChI=1S/C29H32ClN3O8/c1-15(2)26(28(37)38)33-25(35)14-31-27(36)22(11-17-5-7-18(30)8-6-17)32-24(34)13-21-16(3)20-10-9-19(40-4)12-23(20)41-29(21)39/h5-10,12,15,22,26H,11,13-14H2,1-4H3,(H,31,36)(H,32,34)(H,33,35)(H,37,38)/t22-,26-/m0/s1. The van der Waals surface area contributed by atoms with Gasteiger partial charge in [-0.3, -0.25) is 14.4 Å². The number of aryl methyl sites for hydroxylation is 1. The number of ether oxygens (including phenoxy) is 1. The fourth-order valence-corrected chi connectivity index (χ4v) is 4.33. The molecule has 41 heavy (non-hydrogen) atoms. The normalized spacial score (nSPS) is 12.4. The van der Waals surface area contributed by atoms with Crippen LogP contribution in [0.5, 0.6) is 5.75 Å². The van der Waals surface area contributed by atoms with Crippen LogP contribution in [0.15, 0.2) is 51.7 Å². The summed E-state index contributed by atoms with van der Waals surface area (Å²) in [6.07, 6.45) is -0.291. The number of carbonyl (C=O) groups excluding carboxylic acids is 3. The van der Waals surface area contributed by atoms with E-state index in [9.17, 15) is 29.1 Å². The maximum Gasteiger partial charge on any atom is 0.340 e. The Hall–Kier alpha value is -4.38. The summed E-state index contributed by atoms with van der Waals surface area (Å²) in [6, 6.07) is 9.43. The summed E-state index contributed by atoms with van der Waals surface area (Å²) in [5.41, 5.74) is 1.00. The van der Waals surface area contributed by atoms with E-state index in [1.54, 1.807) is 63.2 Å². The number of carboxylic acid groups (broad SMARTS) is 1. The first-order valence-corrected chi connectivity index (χ1v) is 13.2. The number of methoxy groups -OCH3 is 1. The van der Waals surface area contributed by atoms with Gasteiger partial charge in [0.05, 0.1) is 25.6 Å². The van der Waals surface area contributed by atoms with Crippen LogP contribution < -0.4 is 26.3 Å². The van der Waals surface area contributed by atoms with E-state index in [0.29, 0.717) is 32.9 Å². The molecular weight excluding hydrogens is 554 g/mol. The highest BCUT2D eigenvalue weighted by molar-refractivity contribution is 6.30. The average molecular weight is 586 g/mol. The molecule has 12 heteroatoms. The van der Waals surface area contributed by atoms with Crippen molar-refractivity contribution >= 4 is 46.3 Å². The average Bonchev–Trinajstić information content (AvgIpc) is 2.92. The summed E-state index contributed by atoms with van der Waals surface area (Å²) in [7, 11) is 1.49. The van der Waals surface area contributed by atoms with Crippen molar-refractivity contribution in [1.82, 2.24) is 16.0 Å². The van der Waals surface area contributed by atoms with Gasteiger partial charge in [-0.05, 0) is 48.2 Å². The number of fused-ring (bicyclic) bond motifs is 1. The van der Waals surface area contributed by atoms with Crippen LogP contribution in [-0.4, -0.2) is 54.5 Å². The molecule has 0 aliphatic carbocycles. The van der Waals surface area contributed by atoms with E-state index in [1.807, 2.05) is 0 Å². The quantitative estimate of drug-likeness (QED) is 0.235. The van der Waals surface area contributed by atoms with Crippen molar-refractivity contribution in [3.63, 3.8) is 0 Å². The Kier molecular flexibility index (Phi) is 10.5. The Morgan fingerprint density at radius 3 is 2.32 bits per heavy atom. The number of halogens is 1. The molecule has 4 N–H and O–H groups in total. The molecule has 218 valence electrons. The number of amides is 3. The summed E-state index contributed by atoms with van der Waals surface area (Å²) < 4.78 is 10.6. The van der Waals surface area contributed by atoms with Crippen molar-refractivity contribution in [3.8, 4) is 5.75 Å². The molecule has 1 aromatic heterocycles. The number of nitrogens with one attached hydrogen (secondary N) is 3. The van der Waals surface area contributed by atoms with E-state index >= 15 is 0 Å². The van der Waals surface area contributed by atoms with E-state index < -0.39 is 47.9 Å². The summed E-state index contributed by atoms with van der Waals surface area (Å²) >= 11 is 5.96. The van der Waals surface area contributed by atoms with Gasteiger partial charge < -0.3 is 30.2 Å². The molecule has 2 atom stereocenters. The minimum atomic E-state index is -1.19. The summed E-state index contributed by atoms with van der Waals surface area (Å²) in [6.45, 7) is 4.49. The SMILES string of the molecule is COc1ccc2c(C)c(CC(=O)N[C@@H](Cc3ccc(Cl)cc3)C(=O)NCC(=O)N[C@H](C(=O)O)C(C)C)c(=O)oc2c1. The molecule has 2 aromatic carbocycles. The van der Waals surface area contributed by atoms with Gasteiger partial charge >= 0.3 is 11.6 Å². The molecule has 3 aromatic rings. The number of aliphatic carboxylic acids is 1. The van der Waals surface area contributed by atoms with Crippen LogP contribution in [0, 0.1) is 12.8 Å². The highest BCUT2D eigenvalue weighted by Crippen LogP contribution is 2.24. The van der Waals surface area contributed by atoms with Crippen LogP contribution in [0.2, 0.25) is 5.02 Å². The van der Waals surface area contributed by atoms with Gasteiger partial charge in [-0.25, -0.2) is 9.59 Å². The van der Waals surface area contributed by atoms with Crippen LogP contribution in [0.25, 0.3) is 11.0 Å². The van der Waals surface area contributed by atoms with Crippen molar-refractivity contribution in [2.75, 3.05) is 13.7 Å². The van der Waals surface area contributed by atoms with Crippen LogP contribution in [-0.2, 0) is 32.0 Å². The second kappa shape index (κ2) is 13.8. The molecule has 1 heterocycles. The second-order valence-electron chi connectivity index (χ2n) is 9.83. The number of benzene rings is 2. The van der Waals surface area contributed by atoms with Gasteiger partial charge in [-0.1, -0.05) is 37.6 Å².